The molecule has 1 saturated carbocycles. The van der Waals surface area contributed by atoms with E-state index in [4.69, 9.17) is 28.9 Å². The van der Waals surface area contributed by atoms with Gasteiger partial charge in [0.1, 0.15) is 5.82 Å². The highest BCUT2D eigenvalue weighted by molar-refractivity contribution is 6.36. The number of piperazine rings is 1. The van der Waals surface area contributed by atoms with Crippen molar-refractivity contribution in [3.8, 4) is 0 Å². The van der Waals surface area contributed by atoms with Crippen molar-refractivity contribution in [3.63, 3.8) is 0 Å². The molecule has 136 valence electrons. The number of aromatic nitrogens is 1. The Morgan fingerprint density at radius 3 is 2.25 bits per heavy atom. The van der Waals surface area contributed by atoms with Crippen LogP contribution >= 0.6 is 48.0 Å². The lowest BCUT2D eigenvalue weighted by Crippen LogP contribution is -2.58. The molecule has 1 aliphatic carbocycles. The zero-order valence-corrected chi connectivity index (χ0v) is 16.4. The maximum absolute atomic E-state index is 12.6. The van der Waals surface area contributed by atoms with Crippen molar-refractivity contribution >= 4 is 59.7 Å². The molecule has 0 radical (unpaired) electrons. The van der Waals surface area contributed by atoms with Crippen LogP contribution in [0.2, 0.25) is 10.0 Å². The molecular weight excluding hydrogens is 394 g/mol. The number of rotatable bonds is 2. The Morgan fingerprint density at radius 2 is 1.71 bits per heavy atom. The van der Waals surface area contributed by atoms with E-state index in [1.807, 2.05) is 4.90 Å². The molecule has 0 unspecified atom stereocenters. The van der Waals surface area contributed by atoms with Gasteiger partial charge in [-0.3, -0.25) is 4.79 Å². The molecule has 5 nitrogen and oxygen atoms in total. The normalized spacial score (nSPS) is 19.5. The second kappa shape index (κ2) is 8.77. The number of nitrogens with zero attached hydrogens (tertiary/aromatic N) is 3. The van der Waals surface area contributed by atoms with E-state index in [9.17, 15) is 4.79 Å². The number of carbonyl (C=O) groups is 1. The molecule has 0 atom stereocenters. The third-order valence-electron chi connectivity index (χ3n) is 4.58. The molecular formula is C15H22Cl4N4O. The molecule has 24 heavy (non-hydrogen) atoms. The van der Waals surface area contributed by atoms with Gasteiger partial charge in [0.2, 0.25) is 5.91 Å². The Balaban J connectivity index is 0.00000144. The summed E-state index contributed by atoms with van der Waals surface area (Å²) in [5, 5.41) is 1.06. The summed E-state index contributed by atoms with van der Waals surface area (Å²) in [4.78, 5) is 20.9. The molecule has 0 aromatic carbocycles. The van der Waals surface area contributed by atoms with Gasteiger partial charge in [-0.25, -0.2) is 4.98 Å². The fourth-order valence-electron chi connectivity index (χ4n) is 3.30. The highest BCUT2D eigenvalue weighted by Crippen LogP contribution is 2.30. The topological polar surface area (TPSA) is 62.5 Å². The minimum atomic E-state index is -0.641. The second-order valence-electron chi connectivity index (χ2n) is 6.10. The number of pyridine rings is 1. The third kappa shape index (κ3) is 4.38. The maximum Gasteiger partial charge on any atom is 0.242 e. The standard InChI is InChI=1S/C15H20Cl2N4O.2ClH/c16-11-9-12(17)13(19-10-11)20-5-7-21(8-6-20)14(22)15(18)3-1-2-4-15;;/h9-10H,1-8,18H2;2*1H. The molecule has 1 aromatic heterocycles. The number of hydrogen-bond donors (Lipinski definition) is 1. The van der Waals surface area contributed by atoms with E-state index in [-0.39, 0.29) is 30.7 Å². The largest absolute Gasteiger partial charge is 0.352 e. The highest BCUT2D eigenvalue weighted by Gasteiger charge is 2.40. The SMILES string of the molecule is Cl.Cl.NC1(C(=O)N2CCN(c3ncc(Cl)cc3Cl)CC2)CCCC1. The molecule has 1 aromatic rings. The van der Waals surface area contributed by atoms with Gasteiger partial charge in [-0.05, 0) is 18.9 Å². The lowest BCUT2D eigenvalue weighted by molar-refractivity contribution is -0.137. The second-order valence-corrected chi connectivity index (χ2v) is 6.95. The zero-order chi connectivity index (χ0) is 15.7. The predicted molar refractivity (Wildman–Crippen MR) is 103 cm³/mol. The molecule has 3 rings (SSSR count). The lowest BCUT2D eigenvalue weighted by atomic mass is 9.97. The van der Waals surface area contributed by atoms with Crippen LogP contribution in [-0.2, 0) is 4.79 Å². The maximum atomic E-state index is 12.6. The Hall–Kier alpha value is -0.460. The van der Waals surface area contributed by atoms with Gasteiger partial charge in [-0.1, -0.05) is 36.0 Å². The van der Waals surface area contributed by atoms with E-state index in [1.165, 1.54) is 0 Å². The zero-order valence-electron chi connectivity index (χ0n) is 13.2. The van der Waals surface area contributed by atoms with Crippen LogP contribution in [0.25, 0.3) is 0 Å². The molecule has 1 aliphatic heterocycles. The van der Waals surface area contributed by atoms with Gasteiger partial charge in [-0.2, -0.15) is 0 Å². The molecule has 2 heterocycles. The van der Waals surface area contributed by atoms with E-state index in [0.717, 1.165) is 31.5 Å². The molecule has 9 heteroatoms. The van der Waals surface area contributed by atoms with Crippen molar-refractivity contribution in [1.82, 2.24) is 9.88 Å². The summed E-state index contributed by atoms with van der Waals surface area (Å²) < 4.78 is 0. The summed E-state index contributed by atoms with van der Waals surface area (Å²) in [5.74, 6) is 0.821. The smallest absolute Gasteiger partial charge is 0.242 e. The van der Waals surface area contributed by atoms with Gasteiger partial charge >= 0.3 is 0 Å². The summed E-state index contributed by atoms with van der Waals surface area (Å²) in [6.45, 7) is 2.71. The summed E-state index contributed by atoms with van der Waals surface area (Å²) in [6.07, 6.45) is 5.29. The summed E-state index contributed by atoms with van der Waals surface area (Å²) >= 11 is 12.1. The van der Waals surface area contributed by atoms with Gasteiger partial charge in [0.15, 0.2) is 0 Å². The first-order valence-electron chi connectivity index (χ1n) is 7.64. The van der Waals surface area contributed by atoms with Crippen LogP contribution in [0.15, 0.2) is 12.3 Å². The van der Waals surface area contributed by atoms with Crippen LogP contribution in [0, 0.1) is 0 Å². The highest BCUT2D eigenvalue weighted by atomic mass is 35.5. The average molecular weight is 416 g/mol. The Kier molecular flexibility index (Phi) is 7.88. The number of anilines is 1. The summed E-state index contributed by atoms with van der Waals surface area (Å²) in [5.41, 5.74) is 5.63. The monoisotopic (exact) mass is 414 g/mol. The van der Waals surface area contributed by atoms with E-state index >= 15 is 0 Å². The third-order valence-corrected chi connectivity index (χ3v) is 5.06. The molecule has 2 fully saturated rings. The molecule has 1 amide bonds. The van der Waals surface area contributed by atoms with Crippen LogP contribution in [-0.4, -0.2) is 47.5 Å². The number of hydrogen-bond acceptors (Lipinski definition) is 4. The predicted octanol–water partition coefficient (Wildman–Crippen LogP) is 3.15. The molecule has 2 aliphatic rings. The fraction of sp³-hybridized carbons (Fsp3) is 0.600. The van der Waals surface area contributed by atoms with Crippen molar-refractivity contribution < 1.29 is 4.79 Å². The van der Waals surface area contributed by atoms with Crippen LogP contribution in [0.3, 0.4) is 0 Å². The van der Waals surface area contributed by atoms with Crippen LogP contribution < -0.4 is 10.6 Å². The summed E-state index contributed by atoms with van der Waals surface area (Å²) in [6, 6.07) is 1.69. The minimum absolute atomic E-state index is 0. The van der Waals surface area contributed by atoms with Crippen molar-refractivity contribution in [3.05, 3.63) is 22.3 Å². The Morgan fingerprint density at radius 1 is 1.12 bits per heavy atom. The van der Waals surface area contributed by atoms with Crippen LogP contribution in [0.4, 0.5) is 5.82 Å². The first-order chi connectivity index (χ1) is 10.5. The van der Waals surface area contributed by atoms with Crippen molar-refractivity contribution in [2.75, 3.05) is 31.1 Å². The van der Waals surface area contributed by atoms with E-state index in [1.54, 1.807) is 12.3 Å². The Labute approximate surface area is 164 Å². The van der Waals surface area contributed by atoms with Crippen molar-refractivity contribution in [2.24, 2.45) is 5.73 Å². The molecule has 1 saturated heterocycles. The van der Waals surface area contributed by atoms with Gasteiger partial charge in [0, 0.05) is 32.4 Å². The Bertz CT molecular complexity index is 573. The minimum Gasteiger partial charge on any atom is -0.352 e. The van der Waals surface area contributed by atoms with Crippen LogP contribution in [0.5, 0.6) is 0 Å². The van der Waals surface area contributed by atoms with Crippen molar-refractivity contribution in [1.29, 1.82) is 0 Å². The first kappa shape index (κ1) is 21.6. The van der Waals surface area contributed by atoms with Gasteiger partial charge in [-0.15, -0.1) is 24.8 Å². The van der Waals surface area contributed by atoms with Crippen LogP contribution in [0.1, 0.15) is 25.7 Å². The average Bonchev–Trinajstić information content (AvgIpc) is 2.95. The van der Waals surface area contributed by atoms with E-state index < -0.39 is 5.54 Å². The van der Waals surface area contributed by atoms with E-state index in [0.29, 0.717) is 36.2 Å². The molecule has 2 N–H and O–H groups in total. The van der Waals surface area contributed by atoms with Gasteiger partial charge in [0.05, 0.1) is 15.6 Å². The number of amides is 1. The fourth-order valence-corrected chi connectivity index (χ4v) is 3.80. The number of nitrogens with two attached hydrogens (primary N) is 1. The van der Waals surface area contributed by atoms with Crippen molar-refractivity contribution in [2.45, 2.75) is 31.2 Å². The number of halogens is 4. The quantitative estimate of drug-likeness (QED) is 0.805. The molecule has 0 spiro atoms. The lowest BCUT2D eigenvalue weighted by Gasteiger charge is -2.39. The first-order valence-corrected chi connectivity index (χ1v) is 8.39. The van der Waals surface area contributed by atoms with Gasteiger partial charge in [0.25, 0.3) is 0 Å². The summed E-state index contributed by atoms with van der Waals surface area (Å²) in [7, 11) is 0. The molecule has 0 bridgehead atoms. The number of carbonyl (C=O) groups excluding carboxylic acids is 1. The van der Waals surface area contributed by atoms with Gasteiger partial charge < -0.3 is 15.5 Å². The van der Waals surface area contributed by atoms with E-state index in [2.05, 4.69) is 9.88 Å².